The van der Waals surface area contributed by atoms with Gasteiger partial charge >= 0.3 is 0 Å². The lowest BCUT2D eigenvalue weighted by Gasteiger charge is -2.06. The van der Waals surface area contributed by atoms with Crippen LogP contribution in [0.5, 0.6) is 5.75 Å². The molecule has 1 aromatic carbocycles. The number of aromatic nitrogens is 2. The summed E-state index contributed by atoms with van der Waals surface area (Å²) in [5.41, 5.74) is 1.87. The molecule has 5 heteroatoms. The van der Waals surface area contributed by atoms with Crippen molar-refractivity contribution in [3.05, 3.63) is 52.6 Å². The summed E-state index contributed by atoms with van der Waals surface area (Å²) in [6.07, 6.45) is 0. The molecular weight excluding hydrogens is 264 g/mol. The number of rotatable bonds is 5. The fourth-order valence-corrected chi connectivity index (χ4v) is 1.93. The molecule has 0 saturated carbocycles. The minimum absolute atomic E-state index is 0.332. The molecule has 0 saturated heterocycles. The number of methoxy groups -OCH3 is 1. The summed E-state index contributed by atoms with van der Waals surface area (Å²) in [5, 5.41) is 0.437. The topological polar surface area (TPSA) is 44.2 Å². The van der Waals surface area contributed by atoms with Crippen molar-refractivity contribution in [2.24, 2.45) is 0 Å². The Kier molecular flexibility index (Phi) is 4.71. The van der Waals surface area contributed by atoms with Gasteiger partial charge in [-0.1, -0.05) is 23.7 Å². The number of hydrogen-bond donors (Lipinski definition) is 0. The maximum Gasteiger partial charge on any atom is 0.155 e. The monoisotopic (exact) mass is 278 g/mol. The first-order valence-electron chi connectivity index (χ1n) is 5.88. The van der Waals surface area contributed by atoms with Crippen molar-refractivity contribution in [1.82, 2.24) is 9.97 Å². The third-order valence-corrected chi connectivity index (χ3v) is 2.70. The van der Waals surface area contributed by atoms with Crippen molar-refractivity contribution in [1.29, 1.82) is 0 Å². The summed E-state index contributed by atoms with van der Waals surface area (Å²) in [6.45, 7) is 2.68. The van der Waals surface area contributed by atoms with Gasteiger partial charge in [-0.15, -0.1) is 0 Å². The number of hydrogen-bond acceptors (Lipinski definition) is 4. The Hall–Kier alpha value is -1.65. The van der Waals surface area contributed by atoms with E-state index in [-0.39, 0.29) is 0 Å². The summed E-state index contributed by atoms with van der Waals surface area (Å²) in [6, 6.07) is 9.45. The van der Waals surface area contributed by atoms with Gasteiger partial charge in [0.1, 0.15) is 17.5 Å². The molecule has 0 unspecified atom stereocenters. The first-order chi connectivity index (χ1) is 9.17. The van der Waals surface area contributed by atoms with Crippen molar-refractivity contribution >= 4 is 11.6 Å². The molecule has 0 radical (unpaired) electrons. The fraction of sp³-hybridized carbons (Fsp3) is 0.286. The highest BCUT2D eigenvalue weighted by atomic mass is 35.5. The summed E-state index contributed by atoms with van der Waals surface area (Å²) in [5.74, 6) is 1.41. The number of halogens is 1. The van der Waals surface area contributed by atoms with Crippen molar-refractivity contribution in [3.63, 3.8) is 0 Å². The molecule has 0 aliphatic rings. The zero-order chi connectivity index (χ0) is 13.7. The van der Waals surface area contributed by atoms with Gasteiger partial charge in [0.05, 0.1) is 13.7 Å². The first-order valence-corrected chi connectivity index (χ1v) is 6.26. The quantitative estimate of drug-likeness (QED) is 0.788. The third kappa shape index (κ3) is 4.19. The van der Waals surface area contributed by atoms with Crippen molar-refractivity contribution in [3.8, 4) is 5.75 Å². The second kappa shape index (κ2) is 6.50. The zero-order valence-electron chi connectivity index (χ0n) is 10.9. The van der Waals surface area contributed by atoms with Gasteiger partial charge < -0.3 is 9.47 Å². The van der Waals surface area contributed by atoms with Crippen LogP contribution in [0.3, 0.4) is 0 Å². The molecule has 0 fully saturated rings. The molecular formula is C14H15ClN2O2. The van der Waals surface area contributed by atoms with Gasteiger partial charge in [-0.05, 0) is 30.7 Å². The number of aryl methyl sites for hydroxylation is 1. The van der Waals surface area contributed by atoms with E-state index in [0.29, 0.717) is 24.2 Å². The van der Waals surface area contributed by atoms with E-state index in [1.54, 1.807) is 13.2 Å². The van der Waals surface area contributed by atoms with Gasteiger partial charge in [0.2, 0.25) is 0 Å². The maximum atomic E-state index is 5.86. The standard InChI is InChI=1S/C14H15ClN2O2/c1-10-6-13(15)17-14(16-10)9-19-8-11-4-3-5-12(7-11)18-2/h3-7H,8-9H2,1-2H3. The Morgan fingerprint density at radius 2 is 2.00 bits per heavy atom. The van der Waals surface area contributed by atoms with E-state index in [9.17, 15) is 0 Å². The van der Waals surface area contributed by atoms with E-state index in [1.807, 2.05) is 31.2 Å². The highest BCUT2D eigenvalue weighted by Crippen LogP contribution is 2.14. The van der Waals surface area contributed by atoms with E-state index in [2.05, 4.69) is 9.97 Å². The van der Waals surface area contributed by atoms with Crippen LogP contribution in [0.4, 0.5) is 0 Å². The largest absolute Gasteiger partial charge is 0.497 e. The number of nitrogens with zero attached hydrogens (tertiary/aromatic N) is 2. The molecule has 4 nitrogen and oxygen atoms in total. The van der Waals surface area contributed by atoms with Crippen LogP contribution >= 0.6 is 11.6 Å². The molecule has 0 spiro atoms. The van der Waals surface area contributed by atoms with Crippen LogP contribution in [0.25, 0.3) is 0 Å². The molecule has 1 aromatic heterocycles. The predicted octanol–water partition coefficient (Wildman–Crippen LogP) is 3.16. The van der Waals surface area contributed by atoms with Crippen molar-refractivity contribution < 1.29 is 9.47 Å². The Balaban J connectivity index is 1.92. The smallest absolute Gasteiger partial charge is 0.155 e. The van der Waals surface area contributed by atoms with E-state index in [1.165, 1.54) is 0 Å². The molecule has 0 aliphatic carbocycles. The first kappa shape index (κ1) is 13.8. The van der Waals surface area contributed by atoms with Crippen LogP contribution in [0.15, 0.2) is 30.3 Å². The van der Waals surface area contributed by atoms with Crippen LogP contribution in [-0.4, -0.2) is 17.1 Å². The lowest BCUT2D eigenvalue weighted by atomic mass is 10.2. The van der Waals surface area contributed by atoms with Crippen LogP contribution in [-0.2, 0) is 18.0 Å². The van der Waals surface area contributed by atoms with Gasteiger partial charge in [0, 0.05) is 5.69 Å². The van der Waals surface area contributed by atoms with Crippen LogP contribution in [0.2, 0.25) is 5.15 Å². The van der Waals surface area contributed by atoms with E-state index in [0.717, 1.165) is 17.0 Å². The molecule has 100 valence electrons. The summed E-state index contributed by atoms with van der Waals surface area (Å²) < 4.78 is 10.7. The minimum Gasteiger partial charge on any atom is -0.497 e. The second-order valence-corrected chi connectivity index (χ2v) is 4.48. The molecule has 2 aromatic rings. The Morgan fingerprint density at radius 3 is 2.74 bits per heavy atom. The molecule has 0 aliphatic heterocycles. The molecule has 0 bridgehead atoms. The molecule has 19 heavy (non-hydrogen) atoms. The third-order valence-electron chi connectivity index (χ3n) is 2.50. The lowest BCUT2D eigenvalue weighted by molar-refractivity contribution is 0.101. The normalized spacial score (nSPS) is 10.5. The van der Waals surface area contributed by atoms with Crippen LogP contribution in [0, 0.1) is 6.92 Å². The number of ether oxygens (including phenoxy) is 2. The van der Waals surface area contributed by atoms with Crippen LogP contribution in [0.1, 0.15) is 17.1 Å². The molecule has 0 amide bonds. The Labute approximate surface area is 117 Å². The highest BCUT2D eigenvalue weighted by molar-refractivity contribution is 6.29. The van der Waals surface area contributed by atoms with Gasteiger partial charge in [0.25, 0.3) is 0 Å². The summed E-state index contributed by atoms with van der Waals surface area (Å²) in [7, 11) is 1.64. The minimum atomic E-state index is 0.332. The summed E-state index contributed by atoms with van der Waals surface area (Å²) in [4.78, 5) is 8.36. The lowest BCUT2D eigenvalue weighted by Crippen LogP contribution is -2.01. The average molecular weight is 279 g/mol. The van der Waals surface area contributed by atoms with E-state index >= 15 is 0 Å². The van der Waals surface area contributed by atoms with E-state index < -0.39 is 0 Å². The second-order valence-electron chi connectivity index (χ2n) is 4.09. The van der Waals surface area contributed by atoms with E-state index in [4.69, 9.17) is 21.1 Å². The van der Waals surface area contributed by atoms with Crippen molar-refractivity contribution in [2.75, 3.05) is 7.11 Å². The average Bonchev–Trinajstić information content (AvgIpc) is 2.38. The van der Waals surface area contributed by atoms with Gasteiger partial charge in [0.15, 0.2) is 5.82 Å². The predicted molar refractivity (Wildman–Crippen MR) is 73.3 cm³/mol. The molecule has 0 atom stereocenters. The van der Waals surface area contributed by atoms with Gasteiger partial charge in [-0.25, -0.2) is 9.97 Å². The summed E-state index contributed by atoms with van der Waals surface area (Å²) >= 11 is 5.86. The molecule has 0 N–H and O–H groups in total. The molecule has 2 rings (SSSR count). The Bertz CT molecular complexity index is 541. The van der Waals surface area contributed by atoms with Gasteiger partial charge in [-0.2, -0.15) is 0 Å². The van der Waals surface area contributed by atoms with Crippen LogP contribution < -0.4 is 4.74 Å². The highest BCUT2D eigenvalue weighted by Gasteiger charge is 2.02. The molecule has 1 heterocycles. The number of benzene rings is 1. The fourth-order valence-electron chi connectivity index (χ4n) is 1.68. The SMILES string of the molecule is COc1cccc(COCc2nc(C)cc(Cl)n2)c1. The maximum absolute atomic E-state index is 5.86. The van der Waals surface area contributed by atoms with Gasteiger partial charge in [-0.3, -0.25) is 0 Å². The Morgan fingerprint density at radius 1 is 1.16 bits per heavy atom. The van der Waals surface area contributed by atoms with Crippen molar-refractivity contribution in [2.45, 2.75) is 20.1 Å². The zero-order valence-corrected chi connectivity index (χ0v) is 11.6.